The minimum Gasteiger partial charge on any atom is -0.393 e. The minimum atomic E-state index is -2.59. The lowest BCUT2D eigenvalue weighted by molar-refractivity contribution is 0.0998. The number of nitrogens with two attached hydrogens (primary N) is 1. The van der Waals surface area contributed by atoms with Gasteiger partial charge in [0.05, 0.1) is 23.7 Å². The van der Waals surface area contributed by atoms with Crippen molar-refractivity contribution < 1.29 is 18.7 Å². The van der Waals surface area contributed by atoms with Gasteiger partial charge in [-0.3, -0.25) is 14.6 Å². The van der Waals surface area contributed by atoms with Crippen LogP contribution in [0.3, 0.4) is 0 Å². The first-order valence-corrected chi connectivity index (χ1v) is 9.78. The first kappa shape index (κ1) is 22.2. The van der Waals surface area contributed by atoms with Crippen LogP contribution in [0.2, 0.25) is 0 Å². The zero-order valence-corrected chi connectivity index (χ0v) is 16.6. The van der Waals surface area contributed by atoms with E-state index in [1.54, 1.807) is 12.1 Å². The second kappa shape index (κ2) is 10.0. The second-order valence-electron chi connectivity index (χ2n) is 7.10. The van der Waals surface area contributed by atoms with Crippen molar-refractivity contribution in [2.24, 2.45) is 5.73 Å². The summed E-state index contributed by atoms with van der Waals surface area (Å²) >= 11 is 0. The van der Waals surface area contributed by atoms with Crippen molar-refractivity contribution in [2.75, 3.05) is 0 Å². The lowest BCUT2D eigenvalue weighted by atomic mass is 10.1. The van der Waals surface area contributed by atoms with E-state index < -0.39 is 17.9 Å². The van der Waals surface area contributed by atoms with Gasteiger partial charge in [-0.25, -0.2) is 8.78 Å². The Morgan fingerprint density at radius 2 is 1.84 bits per heavy atom. The Kier molecular flexibility index (Phi) is 7.19. The third-order valence-electron chi connectivity index (χ3n) is 4.85. The molecule has 31 heavy (non-hydrogen) atoms. The number of alkyl halides is 2. The Morgan fingerprint density at radius 3 is 2.32 bits per heavy atom. The molecule has 0 spiro atoms. The summed E-state index contributed by atoms with van der Waals surface area (Å²) in [6.07, 6.45) is 4.94. The molecule has 3 N–H and O–H groups in total. The average Bonchev–Trinajstić information content (AvgIpc) is 3.26. The molecule has 0 bridgehead atoms. The van der Waals surface area contributed by atoms with Crippen molar-refractivity contribution in [1.29, 1.82) is 0 Å². The molecule has 0 saturated heterocycles. The summed E-state index contributed by atoms with van der Waals surface area (Å²) < 4.78 is 26.4. The second-order valence-corrected chi connectivity index (χ2v) is 7.10. The Morgan fingerprint density at radius 1 is 1.16 bits per heavy atom. The van der Waals surface area contributed by atoms with Crippen LogP contribution in [0.1, 0.15) is 48.0 Å². The number of pyridine rings is 1. The molecule has 0 radical (unpaired) electrons. The van der Waals surface area contributed by atoms with Crippen LogP contribution < -0.4 is 11.3 Å². The molecule has 3 aromatic rings. The Balaban J connectivity index is 0.000000391. The lowest BCUT2D eigenvalue weighted by Gasteiger charge is -2.09. The topological polar surface area (TPSA) is 111 Å². The number of amides is 1. The Bertz CT molecular complexity index is 1080. The molecule has 0 atom stereocenters. The van der Waals surface area contributed by atoms with Crippen LogP contribution in [-0.2, 0) is 0 Å². The first-order chi connectivity index (χ1) is 14.9. The third kappa shape index (κ3) is 5.58. The Hall–Kier alpha value is -3.46. The average molecular weight is 428 g/mol. The summed E-state index contributed by atoms with van der Waals surface area (Å²) in [5, 5.41) is 12.9. The van der Waals surface area contributed by atoms with E-state index in [0.717, 1.165) is 17.5 Å². The molecule has 4 rings (SSSR count). The molecule has 1 aromatic carbocycles. The highest BCUT2D eigenvalue weighted by molar-refractivity contribution is 5.93. The zero-order chi connectivity index (χ0) is 22.4. The predicted molar refractivity (Wildman–Crippen MR) is 111 cm³/mol. The van der Waals surface area contributed by atoms with Crippen molar-refractivity contribution >= 4 is 5.91 Å². The minimum absolute atomic E-state index is 0.0463. The number of rotatable bonds is 4. The highest BCUT2D eigenvalue weighted by Crippen LogP contribution is 2.23. The van der Waals surface area contributed by atoms with Gasteiger partial charge in [-0.2, -0.15) is 9.78 Å². The fraction of sp³-hybridized carbons (Fsp3) is 0.273. The number of primary amides is 1. The van der Waals surface area contributed by atoms with Crippen molar-refractivity contribution in [3.63, 3.8) is 0 Å². The predicted octanol–water partition coefficient (Wildman–Crippen LogP) is 3.25. The van der Waals surface area contributed by atoms with Gasteiger partial charge in [0, 0.05) is 17.3 Å². The SMILES string of the molecule is NC(=O)c1cc(-c2ccc(C(F)F)cc2)nn(-c2cccnc2)c1=O.OC1CCCC1. The van der Waals surface area contributed by atoms with Gasteiger partial charge >= 0.3 is 0 Å². The van der Waals surface area contributed by atoms with Gasteiger partial charge in [0.15, 0.2) is 0 Å². The number of benzene rings is 1. The smallest absolute Gasteiger partial charge is 0.284 e. The number of aliphatic hydroxyl groups is 1. The molecule has 9 heteroatoms. The Labute approximate surface area is 177 Å². The van der Waals surface area contributed by atoms with E-state index in [2.05, 4.69) is 10.1 Å². The molecular weight excluding hydrogens is 406 g/mol. The van der Waals surface area contributed by atoms with Crippen LogP contribution in [0, 0.1) is 0 Å². The monoisotopic (exact) mass is 428 g/mol. The molecule has 1 aliphatic rings. The quantitative estimate of drug-likeness (QED) is 0.663. The summed E-state index contributed by atoms with van der Waals surface area (Å²) in [6.45, 7) is 0. The fourth-order valence-electron chi connectivity index (χ4n) is 3.17. The van der Waals surface area contributed by atoms with Gasteiger partial charge in [0.25, 0.3) is 17.9 Å². The fourth-order valence-corrected chi connectivity index (χ4v) is 3.17. The van der Waals surface area contributed by atoms with Crippen molar-refractivity contribution in [3.05, 3.63) is 76.3 Å². The maximum Gasteiger partial charge on any atom is 0.284 e. The molecule has 2 aromatic heterocycles. The molecular formula is C22H22F2N4O3. The van der Waals surface area contributed by atoms with Gasteiger partial charge < -0.3 is 10.8 Å². The number of aliphatic hydroxyl groups excluding tert-OH is 1. The molecule has 7 nitrogen and oxygen atoms in total. The van der Waals surface area contributed by atoms with Crippen molar-refractivity contribution in [1.82, 2.24) is 14.8 Å². The molecule has 0 unspecified atom stereocenters. The van der Waals surface area contributed by atoms with Crippen LogP contribution in [0.5, 0.6) is 0 Å². The van der Waals surface area contributed by atoms with Crippen LogP contribution in [0.4, 0.5) is 8.78 Å². The number of nitrogens with zero attached hydrogens (tertiary/aromatic N) is 3. The van der Waals surface area contributed by atoms with Gasteiger partial charge in [-0.1, -0.05) is 37.1 Å². The molecule has 1 saturated carbocycles. The van der Waals surface area contributed by atoms with Crippen LogP contribution in [-0.4, -0.2) is 31.9 Å². The lowest BCUT2D eigenvalue weighted by Crippen LogP contribution is -2.30. The summed E-state index contributed by atoms with van der Waals surface area (Å²) in [4.78, 5) is 27.9. The van der Waals surface area contributed by atoms with E-state index >= 15 is 0 Å². The maximum atomic E-state index is 12.7. The molecule has 162 valence electrons. The zero-order valence-electron chi connectivity index (χ0n) is 16.6. The molecule has 0 aliphatic heterocycles. The van der Waals surface area contributed by atoms with E-state index in [-0.39, 0.29) is 22.9 Å². The van der Waals surface area contributed by atoms with E-state index in [0.29, 0.717) is 11.3 Å². The van der Waals surface area contributed by atoms with Gasteiger partial charge in [0.2, 0.25) is 0 Å². The van der Waals surface area contributed by atoms with E-state index in [4.69, 9.17) is 10.8 Å². The summed E-state index contributed by atoms with van der Waals surface area (Å²) in [7, 11) is 0. The highest BCUT2D eigenvalue weighted by Gasteiger charge is 2.16. The number of halogens is 2. The van der Waals surface area contributed by atoms with Crippen molar-refractivity contribution in [3.8, 4) is 16.9 Å². The molecule has 2 heterocycles. The van der Waals surface area contributed by atoms with Crippen LogP contribution >= 0.6 is 0 Å². The van der Waals surface area contributed by atoms with Gasteiger partial charge in [-0.05, 0) is 31.0 Å². The summed E-state index contributed by atoms with van der Waals surface area (Å²) in [6, 6.07) is 9.83. The summed E-state index contributed by atoms with van der Waals surface area (Å²) in [5.74, 6) is -0.907. The number of aromatic nitrogens is 3. The normalized spacial score (nSPS) is 13.7. The highest BCUT2D eigenvalue weighted by atomic mass is 19.3. The van der Waals surface area contributed by atoms with E-state index in [9.17, 15) is 18.4 Å². The maximum absolute atomic E-state index is 12.7. The van der Waals surface area contributed by atoms with Crippen LogP contribution in [0.25, 0.3) is 16.9 Å². The standard InChI is InChI=1S/C17H12F2N4O2.C5H10O/c18-15(19)11-5-3-10(4-6-11)14-8-13(16(20)24)17(25)23(22-14)12-2-1-7-21-9-12;6-5-3-1-2-4-5/h1-9,15H,(H2,20,24);5-6H,1-4H2. The van der Waals surface area contributed by atoms with Gasteiger partial charge in [-0.15, -0.1) is 0 Å². The summed E-state index contributed by atoms with van der Waals surface area (Å²) in [5.41, 5.74) is 5.25. The number of carbonyl (C=O) groups is 1. The third-order valence-corrected chi connectivity index (χ3v) is 4.85. The molecule has 1 amide bonds. The van der Waals surface area contributed by atoms with E-state index in [1.165, 1.54) is 55.6 Å². The number of hydrogen-bond acceptors (Lipinski definition) is 5. The van der Waals surface area contributed by atoms with E-state index in [1.807, 2.05) is 0 Å². The number of hydrogen-bond donors (Lipinski definition) is 2. The molecule has 1 aliphatic carbocycles. The van der Waals surface area contributed by atoms with Gasteiger partial charge in [0.1, 0.15) is 5.56 Å². The number of carbonyl (C=O) groups excluding carboxylic acids is 1. The molecule has 1 fully saturated rings. The largest absolute Gasteiger partial charge is 0.393 e. The first-order valence-electron chi connectivity index (χ1n) is 9.78. The van der Waals surface area contributed by atoms with Crippen molar-refractivity contribution in [2.45, 2.75) is 38.2 Å². The van der Waals surface area contributed by atoms with Crippen LogP contribution in [0.15, 0.2) is 59.7 Å².